The highest BCUT2D eigenvalue weighted by Crippen LogP contribution is 2.24. The molecule has 27 heavy (non-hydrogen) atoms. The number of para-hydroxylation sites is 1. The molecule has 0 unspecified atom stereocenters. The monoisotopic (exact) mass is 368 g/mol. The van der Waals surface area contributed by atoms with Gasteiger partial charge in [0.15, 0.2) is 0 Å². The van der Waals surface area contributed by atoms with Crippen molar-refractivity contribution in [3.05, 3.63) is 54.1 Å². The number of aromatic nitrogens is 2. The molecule has 7 nitrogen and oxygen atoms in total. The number of carbonyl (C=O) groups is 1. The van der Waals surface area contributed by atoms with E-state index < -0.39 is 6.10 Å². The molecule has 3 heterocycles. The van der Waals surface area contributed by atoms with Crippen molar-refractivity contribution in [3.63, 3.8) is 0 Å². The number of hydrogen-bond donors (Lipinski definition) is 1. The van der Waals surface area contributed by atoms with Gasteiger partial charge >= 0.3 is 0 Å². The molecule has 1 aromatic carbocycles. The van der Waals surface area contributed by atoms with Crippen LogP contribution in [0.5, 0.6) is 5.75 Å². The number of fused-ring (bicyclic) bond motifs is 1. The van der Waals surface area contributed by atoms with E-state index in [0.29, 0.717) is 45.8 Å². The van der Waals surface area contributed by atoms with Crippen LogP contribution in [0.25, 0.3) is 0 Å². The Morgan fingerprint density at radius 3 is 3.00 bits per heavy atom. The topological polar surface area (TPSA) is 78.8 Å². The first-order chi connectivity index (χ1) is 13.2. The summed E-state index contributed by atoms with van der Waals surface area (Å²) in [5.41, 5.74) is 1.95. The van der Waals surface area contributed by atoms with Crippen LogP contribution in [0.15, 0.2) is 42.9 Å². The summed E-state index contributed by atoms with van der Waals surface area (Å²) in [6.07, 6.45) is 5.10. The fraction of sp³-hybridized carbons (Fsp3) is 0.450. The maximum atomic E-state index is 12.8. The molecule has 1 N–H and O–H groups in total. The third-order valence-corrected chi connectivity index (χ3v) is 5.24. The highest BCUT2D eigenvalue weighted by atomic mass is 16.5. The summed E-state index contributed by atoms with van der Waals surface area (Å²) in [5, 5.41) is 10.4. The van der Waals surface area contributed by atoms with Crippen LogP contribution in [0.3, 0.4) is 0 Å². The van der Waals surface area contributed by atoms with Crippen molar-refractivity contribution in [1.82, 2.24) is 19.8 Å². The third-order valence-electron chi connectivity index (χ3n) is 5.24. The number of β-amino-alcohol motifs (C(OH)–C–C–N with tert-alkyl or cyclic N) is 1. The Balaban J connectivity index is 1.35. The summed E-state index contributed by atoms with van der Waals surface area (Å²) in [7, 11) is 0. The average Bonchev–Trinajstić information content (AvgIpc) is 2.92. The lowest BCUT2D eigenvalue weighted by Crippen LogP contribution is -2.40. The maximum Gasteiger partial charge on any atom is 0.236 e. The molecule has 1 fully saturated rings. The van der Waals surface area contributed by atoms with Crippen LogP contribution >= 0.6 is 0 Å². The summed E-state index contributed by atoms with van der Waals surface area (Å²) >= 11 is 0. The summed E-state index contributed by atoms with van der Waals surface area (Å²) < 4.78 is 5.77. The molecule has 2 atom stereocenters. The van der Waals surface area contributed by atoms with E-state index in [2.05, 4.69) is 14.9 Å². The van der Waals surface area contributed by atoms with Crippen molar-refractivity contribution in [3.8, 4) is 5.75 Å². The van der Waals surface area contributed by atoms with Gasteiger partial charge in [0.1, 0.15) is 12.4 Å². The normalized spacial score (nSPS) is 22.8. The molecular formula is C20H24N4O3. The molecule has 1 aromatic heterocycles. The molecule has 2 aromatic rings. The zero-order chi connectivity index (χ0) is 18.6. The van der Waals surface area contributed by atoms with Gasteiger partial charge in [-0.25, -0.2) is 0 Å². The molecule has 0 saturated carbocycles. The number of aliphatic hydroxyl groups excluding tert-OH is 1. The largest absolute Gasteiger partial charge is 0.492 e. The fourth-order valence-electron chi connectivity index (χ4n) is 3.77. The zero-order valence-electron chi connectivity index (χ0n) is 15.2. The average molecular weight is 368 g/mol. The Kier molecular flexibility index (Phi) is 5.31. The first-order valence-corrected chi connectivity index (χ1v) is 9.33. The second-order valence-electron chi connectivity index (χ2n) is 7.19. The first kappa shape index (κ1) is 17.9. The van der Waals surface area contributed by atoms with Crippen molar-refractivity contribution in [2.45, 2.75) is 19.1 Å². The maximum absolute atomic E-state index is 12.8. The predicted octanol–water partition coefficient (Wildman–Crippen LogP) is 0.733. The van der Waals surface area contributed by atoms with Gasteiger partial charge < -0.3 is 14.7 Å². The molecule has 1 amide bonds. The van der Waals surface area contributed by atoms with Gasteiger partial charge in [-0.2, -0.15) is 0 Å². The van der Waals surface area contributed by atoms with Crippen LogP contribution in [0.1, 0.15) is 11.3 Å². The Bertz CT molecular complexity index is 786. The van der Waals surface area contributed by atoms with E-state index in [0.717, 1.165) is 17.0 Å². The number of benzene rings is 1. The summed E-state index contributed by atoms with van der Waals surface area (Å²) in [6, 6.07) is 7.95. The second kappa shape index (κ2) is 8.02. The number of nitrogens with zero attached hydrogens (tertiary/aromatic N) is 4. The quantitative estimate of drug-likeness (QED) is 0.857. The number of likely N-dealkylation sites (tertiary alicyclic amines) is 1. The highest BCUT2D eigenvalue weighted by molar-refractivity contribution is 5.78. The van der Waals surface area contributed by atoms with Crippen molar-refractivity contribution in [2.75, 3.05) is 32.8 Å². The second-order valence-corrected chi connectivity index (χ2v) is 7.19. The molecule has 4 rings (SSSR count). The van der Waals surface area contributed by atoms with Crippen LogP contribution in [0.4, 0.5) is 0 Å². The Morgan fingerprint density at radius 2 is 2.15 bits per heavy atom. The number of carbonyl (C=O) groups excluding carboxylic acids is 1. The lowest BCUT2D eigenvalue weighted by molar-refractivity contribution is -0.132. The van der Waals surface area contributed by atoms with Gasteiger partial charge in [0.05, 0.1) is 18.3 Å². The van der Waals surface area contributed by atoms with E-state index in [1.54, 1.807) is 23.5 Å². The van der Waals surface area contributed by atoms with E-state index in [1.807, 2.05) is 24.3 Å². The molecule has 2 aliphatic heterocycles. The minimum Gasteiger partial charge on any atom is -0.492 e. The van der Waals surface area contributed by atoms with Crippen LogP contribution in [-0.2, 0) is 17.8 Å². The van der Waals surface area contributed by atoms with Gasteiger partial charge in [-0.1, -0.05) is 18.2 Å². The molecule has 0 spiro atoms. The first-order valence-electron chi connectivity index (χ1n) is 9.33. The van der Waals surface area contributed by atoms with Gasteiger partial charge in [-0.15, -0.1) is 0 Å². The molecule has 0 bridgehead atoms. The van der Waals surface area contributed by atoms with Crippen molar-refractivity contribution >= 4 is 5.91 Å². The molecule has 1 saturated heterocycles. The lowest BCUT2D eigenvalue weighted by Gasteiger charge is -2.23. The predicted molar refractivity (Wildman–Crippen MR) is 99.0 cm³/mol. The summed E-state index contributed by atoms with van der Waals surface area (Å²) in [6.45, 7) is 3.24. The molecular weight excluding hydrogens is 344 g/mol. The van der Waals surface area contributed by atoms with Crippen molar-refractivity contribution < 1.29 is 14.6 Å². The molecule has 7 heteroatoms. The van der Waals surface area contributed by atoms with Gasteiger partial charge in [-0.3, -0.25) is 19.7 Å². The van der Waals surface area contributed by atoms with Gasteiger partial charge in [0.2, 0.25) is 5.91 Å². The van der Waals surface area contributed by atoms with Crippen LogP contribution in [-0.4, -0.2) is 69.7 Å². The van der Waals surface area contributed by atoms with E-state index in [4.69, 9.17) is 4.74 Å². The van der Waals surface area contributed by atoms with Gasteiger partial charge in [-0.05, 0) is 12.5 Å². The van der Waals surface area contributed by atoms with E-state index in [-0.39, 0.29) is 11.8 Å². The fourth-order valence-corrected chi connectivity index (χ4v) is 3.77. The number of ether oxygens (including phenoxy) is 1. The molecule has 142 valence electrons. The number of aliphatic hydroxyl groups is 1. The van der Waals surface area contributed by atoms with E-state index >= 15 is 0 Å². The van der Waals surface area contributed by atoms with Crippen molar-refractivity contribution in [1.29, 1.82) is 0 Å². The van der Waals surface area contributed by atoms with Crippen LogP contribution in [0.2, 0.25) is 0 Å². The zero-order valence-corrected chi connectivity index (χ0v) is 15.2. The van der Waals surface area contributed by atoms with Gasteiger partial charge in [0.25, 0.3) is 0 Å². The number of rotatable bonds is 4. The van der Waals surface area contributed by atoms with E-state index in [9.17, 15) is 9.90 Å². The Hall–Kier alpha value is -2.51. The molecule has 0 aliphatic carbocycles. The smallest absolute Gasteiger partial charge is 0.236 e. The number of hydrogen-bond acceptors (Lipinski definition) is 6. The molecule has 0 radical (unpaired) electrons. The Labute approximate surface area is 158 Å². The SMILES string of the molecule is O=C(CN1CCOc2ccccc2C1)N1C[C@@H](Cc2cnccn2)[C@H](O)C1. The molecule has 2 aliphatic rings. The van der Waals surface area contributed by atoms with Crippen LogP contribution in [0, 0.1) is 5.92 Å². The van der Waals surface area contributed by atoms with Crippen LogP contribution < -0.4 is 4.74 Å². The van der Waals surface area contributed by atoms with Crippen molar-refractivity contribution in [2.24, 2.45) is 5.92 Å². The van der Waals surface area contributed by atoms with Gasteiger partial charge in [0, 0.05) is 56.3 Å². The minimum absolute atomic E-state index is 0.00107. The lowest BCUT2D eigenvalue weighted by atomic mass is 10.0. The minimum atomic E-state index is -0.524. The standard InChI is InChI=1S/C20H24N4O3/c25-18-13-24(12-16(18)9-17-10-21-5-6-22-17)20(26)14-23-7-8-27-19-4-2-1-3-15(19)11-23/h1-6,10,16,18,25H,7-9,11-14H2/t16-,18-/m1/s1. The summed E-state index contributed by atoms with van der Waals surface area (Å²) in [5.74, 6) is 0.946. The highest BCUT2D eigenvalue weighted by Gasteiger charge is 2.34. The number of amides is 1. The summed E-state index contributed by atoms with van der Waals surface area (Å²) in [4.78, 5) is 25.0. The Morgan fingerprint density at radius 1 is 1.26 bits per heavy atom. The van der Waals surface area contributed by atoms with E-state index in [1.165, 1.54) is 0 Å². The third kappa shape index (κ3) is 4.26.